The van der Waals surface area contributed by atoms with Crippen molar-refractivity contribution in [1.82, 2.24) is 5.32 Å². The molecule has 0 aliphatic carbocycles. The molecular formula is C21H24N2O3S. The lowest BCUT2D eigenvalue weighted by Crippen LogP contribution is -2.34. The fraction of sp³-hybridized carbons (Fsp3) is 0.238. The highest BCUT2D eigenvalue weighted by atomic mass is 32.1. The van der Waals surface area contributed by atoms with Gasteiger partial charge < -0.3 is 14.8 Å². The van der Waals surface area contributed by atoms with Crippen LogP contribution < -0.4 is 20.1 Å². The van der Waals surface area contributed by atoms with Gasteiger partial charge in [0.25, 0.3) is 5.91 Å². The molecule has 2 N–H and O–H groups in total. The van der Waals surface area contributed by atoms with Gasteiger partial charge in [0, 0.05) is 5.56 Å². The predicted molar refractivity (Wildman–Crippen MR) is 113 cm³/mol. The van der Waals surface area contributed by atoms with Gasteiger partial charge in [-0.05, 0) is 49.0 Å². The van der Waals surface area contributed by atoms with Crippen molar-refractivity contribution in [2.75, 3.05) is 18.5 Å². The van der Waals surface area contributed by atoms with Crippen LogP contribution in [0.1, 0.15) is 30.1 Å². The Bertz CT molecular complexity index is 793. The highest BCUT2D eigenvalue weighted by Gasteiger charge is 2.11. The van der Waals surface area contributed by atoms with E-state index in [9.17, 15) is 4.79 Å². The van der Waals surface area contributed by atoms with Gasteiger partial charge in [-0.25, -0.2) is 0 Å². The topological polar surface area (TPSA) is 59.6 Å². The SMILES string of the molecule is C=CCOc1ccccc1NC(=S)NC(=O)c1cccc(OCCCC)c1. The molecule has 6 heteroatoms. The number of hydrogen-bond donors (Lipinski definition) is 2. The summed E-state index contributed by atoms with van der Waals surface area (Å²) in [6.45, 7) is 6.74. The number of unbranched alkanes of at least 4 members (excludes halogenated alkanes) is 1. The molecule has 0 unspecified atom stereocenters. The smallest absolute Gasteiger partial charge is 0.257 e. The molecule has 2 aromatic carbocycles. The second-order valence-corrected chi connectivity index (χ2v) is 6.14. The number of thiocarbonyl (C=S) groups is 1. The van der Waals surface area contributed by atoms with Crippen LogP contribution in [-0.4, -0.2) is 24.2 Å². The van der Waals surface area contributed by atoms with Crippen LogP contribution >= 0.6 is 12.2 Å². The molecule has 0 aliphatic rings. The first-order chi connectivity index (χ1) is 13.1. The highest BCUT2D eigenvalue weighted by Crippen LogP contribution is 2.23. The zero-order chi connectivity index (χ0) is 19.5. The molecule has 0 fully saturated rings. The fourth-order valence-electron chi connectivity index (χ4n) is 2.23. The third-order valence-electron chi connectivity index (χ3n) is 3.58. The average Bonchev–Trinajstić information content (AvgIpc) is 2.67. The molecule has 1 amide bonds. The lowest BCUT2D eigenvalue weighted by molar-refractivity contribution is 0.0977. The zero-order valence-electron chi connectivity index (χ0n) is 15.4. The number of carbonyl (C=O) groups is 1. The van der Waals surface area contributed by atoms with Crippen molar-refractivity contribution in [1.29, 1.82) is 0 Å². The van der Waals surface area contributed by atoms with E-state index in [4.69, 9.17) is 21.7 Å². The number of benzene rings is 2. The van der Waals surface area contributed by atoms with Crippen molar-refractivity contribution in [3.8, 4) is 11.5 Å². The predicted octanol–water partition coefficient (Wildman–Crippen LogP) is 4.56. The molecule has 0 heterocycles. The third-order valence-corrected chi connectivity index (χ3v) is 3.79. The minimum atomic E-state index is -0.307. The first-order valence-electron chi connectivity index (χ1n) is 8.82. The second-order valence-electron chi connectivity index (χ2n) is 5.73. The molecule has 142 valence electrons. The Morgan fingerprint density at radius 2 is 2.00 bits per heavy atom. The number of rotatable bonds is 9. The monoisotopic (exact) mass is 384 g/mol. The Hall–Kier alpha value is -2.86. The van der Waals surface area contributed by atoms with Crippen LogP contribution in [0.5, 0.6) is 11.5 Å². The summed E-state index contributed by atoms with van der Waals surface area (Å²) in [5.41, 5.74) is 1.14. The number of para-hydroxylation sites is 2. The van der Waals surface area contributed by atoms with E-state index in [-0.39, 0.29) is 11.0 Å². The number of ether oxygens (including phenoxy) is 2. The fourth-order valence-corrected chi connectivity index (χ4v) is 2.44. The first-order valence-corrected chi connectivity index (χ1v) is 9.22. The van der Waals surface area contributed by atoms with Gasteiger partial charge in [0.1, 0.15) is 18.1 Å². The van der Waals surface area contributed by atoms with Gasteiger partial charge in [-0.3, -0.25) is 10.1 Å². The van der Waals surface area contributed by atoms with Crippen LogP contribution in [0.3, 0.4) is 0 Å². The van der Waals surface area contributed by atoms with Gasteiger partial charge >= 0.3 is 0 Å². The summed E-state index contributed by atoms with van der Waals surface area (Å²) in [6.07, 6.45) is 3.68. The standard InChI is InChI=1S/C21H24N2O3S/c1-3-5-14-25-17-10-8-9-16(15-17)20(24)23-21(27)22-18-11-6-7-12-19(18)26-13-4-2/h4,6-12,15H,2-3,5,13-14H2,1H3,(H2,22,23,24,27). The number of nitrogens with one attached hydrogen (secondary N) is 2. The normalized spacial score (nSPS) is 9.96. The summed E-state index contributed by atoms with van der Waals surface area (Å²) in [4.78, 5) is 12.4. The van der Waals surface area contributed by atoms with E-state index in [0.717, 1.165) is 12.8 Å². The van der Waals surface area contributed by atoms with E-state index in [1.807, 2.05) is 30.3 Å². The lowest BCUT2D eigenvalue weighted by atomic mass is 10.2. The van der Waals surface area contributed by atoms with Crippen molar-refractivity contribution in [2.24, 2.45) is 0 Å². The lowest BCUT2D eigenvalue weighted by Gasteiger charge is -2.14. The van der Waals surface area contributed by atoms with Gasteiger partial charge in [0.05, 0.1) is 12.3 Å². The molecule has 2 aromatic rings. The van der Waals surface area contributed by atoms with Crippen LogP contribution in [0.4, 0.5) is 5.69 Å². The number of anilines is 1. The Morgan fingerprint density at radius 3 is 2.78 bits per heavy atom. The molecule has 0 saturated heterocycles. The van der Waals surface area contributed by atoms with Crippen molar-refractivity contribution in [2.45, 2.75) is 19.8 Å². The molecule has 0 aromatic heterocycles. The van der Waals surface area contributed by atoms with Crippen LogP contribution in [0.2, 0.25) is 0 Å². The second kappa shape index (κ2) is 11.0. The summed E-state index contributed by atoms with van der Waals surface area (Å²) in [5.74, 6) is 0.983. The van der Waals surface area contributed by atoms with Crippen LogP contribution in [0, 0.1) is 0 Å². The Balaban J connectivity index is 1.97. The summed E-state index contributed by atoms with van der Waals surface area (Å²) >= 11 is 5.25. The Labute approximate surface area is 165 Å². The summed E-state index contributed by atoms with van der Waals surface area (Å²) in [5, 5.41) is 5.85. The maximum Gasteiger partial charge on any atom is 0.257 e. The van der Waals surface area contributed by atoms with E-state index in [1.54, 1.807) is 24.3 Å². The average molecular weight is 385 g/mol. The minimum absolute atomic E-state index is 0.187. The van der Waals surface area contributed by atoms with Crippen LogP contribution in [0.25, 0.3) is 0 Å². The van der Waals surface area contributed by atoms with E-state index in [2.05, 4.69) is 24.1 Å². The molecule has 0 aliphatic heterocycles. The zero-order valence-corrected chi connectivity index (χ0v) is 16.2. The summed E-state index contributed by atoms with van der Waals surface area (Å²) < 4.78 is 11.2. The molecule has 2 rings (SSSR count). The van der Waals surface area contributed by atoms with Crippen molar-refractivity contribution >= 4 is 28.9 Å². The summed E-state index contributed by atoms with van der Waals surface area (Å²) in [7, 11) is 0. The van der Waals surface area contributed by atoms with Crippen LogP contribution in [-0.2, 0) is 0 Å². The molecular weight excluding hydrogens is 360 g/mol. The molecule has 27 heavy (non-hydrogen) atoms. The van der Waals surface area contributed by atoms with E-state index in [1.165, 1.54) is 0 Å². The number of amides is 1. The van der Waals surface area contributed by atoms with Crippen LogP contribution in [0.15, 0.2) is 61.2 Å². The summed E-state index contributed by atoms with van der Waals surface area (Å²) in [6, 6.07) is 14.4. The van der Waals surface area contributed by atoms with Gasteiger partial charge in [-0.2, -0.15) is 0 Å². The van der Waals surface area contributed by atoms with Crippen molar-refractivity contribution < 1.29 is 14.3 Å². The van der Waals surface area contributed by atoms with E-state index >= 15 is 0 Å². The van der Waals surface area contributed by atoms with Gasteiger partial charge in [0.15, 0.2) is 5.11 Å². The number of hydrogen-bond acceptors (Lipinski definition) is 4. The highest BCUT2D eigenvalue weighted by molar-refractivity contribution is 7.80. The minimum Gasteiger partial charge on any atom is -0.494 e. The van der Waals surface area contributed by atoms with Gasteiger partial charge in [-0.15, -0.1) is 0 Å². The molecule has 0 bridgehead atoms. The Kier molecular flexibility index (Phi) is 8.32. The molecule has 0 radical (unpaired) electrons. The van der Waals surface area contributed by atoms with E-state index in [0.29, 0.717) is 36.0 Å². The number of carbonyl (C=O) groups excluding carboxylic acids is 1. The third kappa shape index (κ3) is 6.75. The maximum atomic E-state index is 12.4. The maximum absolute atomic E-state index is 12.4. The van der Waals surface area contributed by atoms with Crippen molar-refractivity contribution in [3.63, 3.8) is 0 Å². The van der Waals surface area contributed by atoms with Gasteiger partial charge in [0.2, 0.25) is 0 Å². The van der Waals surface area contributed by atoms with Crippen molar-refractivity contribution in [3.05, 3.63) is 66.7 Å². The van der Waals surface area contributed by atoms with Gasteiger partial charge in [-0.1, -0.05) is 44.2 Å². The van der Waals surface area contributed by atoms with E-state index < -0.39 is 0 Å². The quantitative estimate of drug-likeness (QED) is 0.377. The molecule has 0 spiro atoms. The molecule has 0 atom stereocenters. The first kappa shape index (κ1) is 20.5. The molecule has 0 saturated carbocycles. The Morgan fingerprint density at radius 1 is 1.19 bits per heavy atom. The molecule has 5 nitrogen and oxygen atoms in total. The largest absolute Gasteiger partial charge is 0.494 e.